The highest BCUT2D eigenvalue weighted by atomic mass is 79.9. The van der Waals surface area contributed by atoms with Gasteiger partial charge in [-0.05, 0) is 30.7 Å². The van der Waals surface area contributed by atoms with Crippen LogP contribution in [0.25, 0.3) is 10.9 Å². The third-order valence-electron chi connectivity index (χ3n) is 3.66. The van der Waals surface area contributed by atoms with E-state index in [9.17, 15) is 4.79 Å². The standard InChI is InChI=1S/C19H17BrN4O2/c1-13(26-23-10-14-6-8-16(20)9-7-14)19(25)24-22-12-15-11-21-18-5-3-2-4-17(15)18/h2-13,21H,1H3,(H,24,25)/b22-12+,23-10-/t13-/m0/s1. The molecule has 0 saturated carbocycles. The zero-order valence-electron chi connectivity index (χ0n) is 14.0. The van der Waals surface area contributed by atoms with Crippen LogP contribution in [0, 0.1) is 0 Å². The van der Waals surface area contributed by atoms with Crippen LogP contribution in [0.1, 0.15) is 18.1 Å². The molecule has 0 aliphatic carbocycles. The molecule has 1 aromatic heterocycles. The summed E-state index contributed by atoms with van der Waals surface area (Å²) in [4.78, 5) is 20.3. The van der Waals surface area contributed by atoms with Crippen LogP contribution in [0.4, 0.5) is 0 Å². The summed E-state index contributed by atoms with van der Waals surface area (Å²) in [5, 5.41) is 8.85. The molecular weight excluding hydrogens is 396 g/mol. The van der Waals surface area contributed by atoms with Crippen molar-refractivity contribution in [3.05, 3.63) is 70.3 Å². The van der Waals surface area contributed by atoms with Crippen molar-refractivity contribution in [2.75, 3.05) is 0 Å². The minimum atomic E-state index is -0.762. The second kappa shape index (κ2) is 8.44. The van der Waals surface area contributed by atoms with E-state index in [2.05, 4.69) is 36.6 Å². The Balaban J connectivity index is 1.51. The van der Waals surface area contributed by atoms with Gasteiger partial charge in [-0.15, -0.1) is 0 Å². The Morgan fingerprint density at radius 1 is 1.19 bits per heavy atom. The highest BCUT2D eigenvalue weighted by Gasteiger charge is 2.12. The predicted octanol–water partition coefficient (Wildman–Crippen LogP) is 3.82. The number of rotatable bonds is 6. The van der Waals surface area contributed by atoms with Crippen molar-refractivity contribution in [3.8, 4) is 0 Å². The maximum absolute atomic E-state index is 12.0. The Bertz CT molecular complexity index is 948. The van der Waals surface area contributed by atoms with Crippen molar-refractivity contribution in [2.45, 2.75) is 13.0 Å². The molecule has 132 valence electrons. The van der Waals surface area contributed by atoms with E-state index in [1.165, 1.54) is 0 Å². The Hall–Kier alpha value is -2.93. The van der Waals surface area contributed by atoms with Gasteiger partial charge in [-0.3, -0.25) is 4.79 Å². The lowest BCUT2D eigenvalue weighted by Gasteiger charge is -2.06. The summed E-state index contributed by atoms with van der Waals surface area (Å²) in [7, 11) is 0. The van der Waals surface area contributed by atoms with Gasteiger partial charge in [0.1, 0.15) is 0 Å². The van der Waals surface area contributed by atoms with Crippen LogP contribution in [-0.2, 0) is 9.63 Å². The van der Waals surface area contributed by atoms with Crippen LogP contribution in [0.2, 0.25) is 0 Å². The second-order valence-corrected chi connectivity index (χ2v) is 6.47. The van der Waals surface area contributed by atoms with Gasteiger partial charge in [0, 0.05) is 27.1 Å². The number of nitrogens with one attached hydrogen (secondary N) is 2. The van der Waals surface area contributed by atoms with Crippen molar-refractivity contribution < 1.29 is 9.63 Å². The summed E-state index contributed by atoms with van der Waals surface area (Å²) < 4.78 is 0.983. The first-order chi connectivity index (χ1) is 12.6. The molecule has 0 saturated heterocycles. The summed E-state index contributed by atoms with van der Waals surface area (Å²) >= 11 is 3.36. The third-order valence-corrected chi connectivity index (χ3v) is 4.19. The van der Waals surface area contributed by atoms with Gasteiger partial charge >= 0.3 is 0 Å². The number of para-hydroxylation sites is 1. The predicted molar refractivity (Wildman–Crippen MR) is 106 cm³/mol. The first kappa shape index (κ1) is 17.9. The first-order valence-corrected chi connectivity index (χ1v) is 8.76. The van der Waals surface area contributed by atoms with Crippen molar-refractivity contribution in [1.82, 2.24) is 10.4 Å². The zero-order chi connectivity index (χ0) is 18.4. The Morgan fingerprint density at radius 2 is 1.96 bits per heavy atom. The number of nitrogens with zero attached hydrogens (tertiary/aromatic N) is 2. The quantitative estimate of drug-likeness (QED) is 0.476. The number of fused-ring (bicyclic) bond motifs is 1. The average molecular weight is 413 g/mol. The van der Waals surface area contributed by atoms with E-state index >= 15 is 0 Å². The fourth-order valence-electron chi connectivity index (χ4n) is 2.24. The topological polar surface area (TPSA) is 78.8 Å². The second-order valence-electron chi connectivity index (χ2n) is 5.56. The number of carbonyl (C=O) groups excluding carboxylic acids is 1. The Morgan fingerprint density at radius 3 is 2.77 bits per heavy atom. The molecule has 0 bridgehead atoms. The number of hydrogen-bond donors (Lipinski definition) is 2. The van der Waals surface area contributed by atoms with Crippen LogP contribution in [0.5, 0.6) is 0 Å². The van der Waals surface area contributed by atoms with E-state index in [4.69, 9.17) is 4.84 Å². The minimum absolute atomic E-state index is 0.381. The summed E-state index contributed by atoms with van der Waals surface area (Å²) in [5.41, 5.74) is 5.23. The van der Waals surface area contributed by atoms with Crippen LogP contribution in [0.3, 0.4) is 0 Å². The SMILES string of the molecule is C[C@H](O/N=C\c1ccc(Br)cc1)C(=O)N/N=C/c1c[nH]c2ccccc12. The Kier molecular flexibility index (Phi) is 5.80. The van der Waals surface area contributed by atoms with E-state index in [0.29, 0.717) is 0 Å². The van der Waals surface area contributed by atoms with Gasteiger partial charge in [0.2, 0.25) is 6.10 Å². The van der Waals surface area contributed by atoms with Crippen molar-refractivity contribution >= 4 is 45.2 Å². The molecule has 2 N–H and O–H groups in total. The lowest BCUT2D eigenvalue weighted by molar-refractivity contribution is -0.131. The van der Waals surface area contributed by atoms with Crippen molar-refractivity contribution in [2.24, 2.45) is 10.3 Å². The molecule has 0 fully saturated rings. The van der Waals surface area contributed by atoms with E-state index in [0.717, 1.165) is 26.5 Å². The number of benzene rings is 2. The van der Waals surface area contributed by atoms with Gasteiger partial charge in [0.05, 0.1) is 12.4 Å². The number of carbonyl (C=O) groups is 1. The highest BCUT2D eigenvalue weighted by Crippen LogP contribution is 2.15. The molecule has 26 heavy (non-hydrogen) atoms. The number of H-pyrrole nitrogens is 1. The molecule has 1 atom stereocenters. The molecule has 2 aromatic carbocycles. The van der Waals surface area contributed by atoms with Gasteiger partial charge in [-0.2, -0.15) is 5.10 Å². The Labute approximate surface area is 159 Å². The molecule has 0 spiro atoms. The number of hydrazone groups is 1. The number of hydrogen-bond acceptors (Lipinski definition) is 4. The molecule has 1 amide bonds. The molecule has 0 unspecified atom stereocenters. The maximum Gasteiger partial charge on any atom is 0.283 e. The van der Waals surface area contributed by atoms with Crippen LogP contribution < -0.4 is 5.43 Å². The summed E-state index contributed by atoms with van der Waals surface area (Å²) in [6, 6.07) is 15.4. The fourth-order valence-corrected chi connectivity index (χ4v) is 2.50. The highest BCUT2D eigenvalue weighted by molar-refractivity contribution is 9.10. The fraction of sp³-hybridized carbons (Fsp3) is 0.105. The van der Waals surface area contributed by atoms with Crippen LogP contribution in [-0.4, -0.2) is 29.4 Å². The molecule has 0 radical (unpaired) electrons. The lowest BCUT2D eigenvalue weighted by atomic mass is 10.2. The van der Waals surface area contributed by atoms with E-state index in [-0.39, 0.29) is 5.91 Å². The summed E-state index contributed by atoms with van der Waals surface area (Å²) in [6.07, 6.45) is 4.21. The van der Waals surface area contributed by atoms with E-state index in [1.54, 1.807) is 19.4 Å². The molecule has 0 aliphatic rings. The van der Waals surface area contributed by atoms with Crippen LogP contribution >= 0.6 is 15.9 Å². The average Bonchev–Trinajstić information content (AvgIpc) is 3.06. The molecule has 6 nitrogen and oxygen atoms in total. The van der Waals surface area contributed by atoms with Crippen LogP contribution in [0.15, 0.2) is 69.5 Å². The van der Waals surface area contributed by atoms with Gasteiger partial charge in [-0.1, -0.05) is 51.4 Å². The maximum atomic E-state index is 12.0. The molecule has 3 rings (SSSR count). The molecule has 7 heteroatoms. The third kappa shape index (κ3) is 4.58. The van der Waals surface area contributed by atoms with Gasteiger partial charge in [0.25, 0.3) is 5.91 Å². The smallest absolute Gasteiger partial charge is 0.283 e. The van der Waals surface area contributed by atoms with Gasteiger partial charge in [0.15, 0.2) is 0 Å². The zero-order valence-corrected chi connectivity index (χ0v) is 15.6. The largest absolute Gasteiger partial charge is 0.383 e. The van der Waals surface area contributed by atoms with Gasteiger partial charge < -0.3 is 9.82 Å². The van der Waals surface area contributed by atoms with Crippen molar-refractivity contribution in [1.29, 1.82) is 0 Å². The summed E-state index contributed by atoms with van der Waals surface area (Å²) in [6.45, 7) is 1.61. The summed E-state index contributed by atoms with van der Waals surface area (Å²) in [5.74, 6) is -0.381. The number of halogens is 1. The first-order valence-electron chi connectivity index (χ1n) is 7.97. The number of aromatic amines is 1. The minimum Gasteiger partial charge on any atom is -0.383 e. The molecular formula is C19H17BrN4O2. The normalized spacial score (nSPS) is 12.7. The lowest BCUT2D eigenvalue weighted by Crippen LogP contribution is -2.30. The molecule has 0 aliphatic heterocycles. The monoisotopic (exact) mass is 412 g/mol. The van der Waals surface area contributed by atoms with E-state index in [1.807, 2.05) is 54.7 Å². The molecule has 3 aromatic rings. The number of oxime groups is 1. The van der Waals surface area contributed by atoms with E-state index < -0.39 is 6.10 Å². The number of amides is 1. The van der Waals surface area contributed by atoms with Gasteiger partial charge in [-0.25, -0.2) is 5.43 Å². The van der Waals surface area contributed by atoms with Crippen molar-refractivity contribution in [3.63, 3.8) is 0 Å². The molecule has 1 heterocycles. The number of aromatic nitrogens is 1.